The highest BCUT2D eigenvalue weighted by atomic mass is 16.5. The number of hydrazine groups is 1. The van der Waals surface area contributed by atoms with E-state index in [0.29, 0.717) is 18.7 Å². The summed E-state index contributed by atoms with van der Waals surface area (Å²) in [5.74, 6) is -0.335. The third-order valence-electron chi connectivity index (χ3n) is 3.30. The van der Waals surface area contributed by atoms with Crippen molar-refractivity contribution >= 4 is 11.9 Å². The van der Waals surface area contributed by atoms with Crippen molar-refractivity contribution in [1.82, 2.24) is 15.8 Å². The van der Waals surface area contributed by atoms with Gasteiger partial charge in [0.2, 0.25) is 0 Å². The predicted octanol–water partition coefficient (Wildman–Crippen LogP) is 1.46. The third-order valence-corrected chi connectivity index (χ3v) is 3.30. The SMILES string of the molecule is Cc1ccc(C(=O)NNC(=O)N2C[C@@H](C)O[C@H](C)C2)cc1. The van der Waals surface area contributed by atoms with Gasteiger partial charge < -0.3 is 9.64 Å². The van der Waals surface area contributed by atoms with Gasteiger partial charge >= 0.3 is 6.03 Å². The van der Waals surface area contributed by atoms with Crippen LogP contribution in [-0.4, -0.2) is 42.1 Å². The summed E-state index contributed by atoms with van der Waals surface area (Å²) < 4.78 is 5.56. The lowest BCUT2D eigenvalue weighted by atomic mass is 10.1. The first-order valence-corrected chi connectivity index (χ1v) is 7.03. The average molecular weight is 291 g/mol. The van der Waals surface area contributed by atoms with Crippen LogP contribution in [0.2, 0.25) is 0 Å². The van der Waals surface area contributed by atoms with Gasteiger partial charge in [-0.25, -0.2) is 10.2 Å². The van der Waals surface area contributed by atoms with E-state index < -0.39 is 0 Å². The van der Waals surface area contributed by atoms with E-state index in [1.54, 1.807) is 17.0 Å². The van der Waals surface area contributed by atoms with Gasteiger partial charge in [0.15, 0.2) is 0 Å². The number of amides is 3. The van der Waals surface area contributed by atoms with E-state index in [9.17, 15) is 9.59 Å². The van der Waals surface area contributed by atoms with E-state index in [4.69, 9.17) is 4.74 Å². The van der Waals surface area contributed by atoms with Crippen LogP contribution in [0.15, 0.2) is 24.3 Å². The average Bonchev–Trinajstić information content (AvgIpc) is 2.44. The van der Waals surface area contributed by atoms with Gasteiger partial charge in [-0.2, -0.15) is 0 Å². The first kappa shape index (κ1) is 15.3. The number of ether oxygens (including phenoxy) is 1. The minimum absolute atomic E-state index is 0.00713. The van der Waals surface area contributed by atoms with Crippen LogP contribution in [0, 0.1) is 6.92 Å². The van der Waals surface area contributed by atoms with Gasteiger partial charge in [0.25, 0.3) is 5.91 Å². The van der Waals surface area contributed by atoms with Crippen molar-refractivity contribution in [3.8, 4) is 0 Å². The summed E-state index contributed by atoms with van der Waals surface area (Å²) in [5, 5.41) is 0. The maximum Gasteiger partial charge on any atom is 0.336 e. The Labute approximate surface area is 124 Å². The maximum atomic E-state index is 12.0. The molecule has 6 nitrogen and oxygen atoms in total. The summed E-state index contributed by atoms with van der Waals surface area (Å²) in [6.07, 6.45) is -0.0143. The summed E-state index contributed by atoms with van der Waals surface area (Å²) in [5.41, 5.74) is 6.44. The zero-order valence-corrected chi connectivity index (χ0v) is 12.6. The molecule has 0 unspecified atom stereocenters. The van der Waals surface area contributed by atoms with E-state index >= 15 is 0 Å². The van der Waals surface area contributed by atoms with Crippen molar-refractivity contribution in [3.63, 3.8) is 0 Å². The molecule has 21 heavy (non-hydrogen) atoms. The second-order valence-corrected chi connectivity index (χ2v) is 5.41. The lowest BCUT2D eigenvalue weighted by molar-refractivity contribution is -0.0547. The molecule has 0 spiro atoms. The van der Waals surface area contributed by atoms with Crippen molar-refractivity contribution in [2.24, 2.45) is 0 Å². The minimum atomic E-state index is -0.335. The maximum absolute atomic E-state index is 12.0. The summed E-state index contributed by atoms with van der Waals surface area (Å²) in [6, 6.07) is 6.81. The quantitative estimate of drug-likeness (QED) is 0.770. The van der Waals surface area contributed by atoms with Crippen LogP contribution in [0.3, 0.4) is 0 Å². The first-order valence-electron chi connectivity index (χ1n) is 7.03. The molecule has 0 bridgehead atoms. The molecule has 1 aromatic carbocycles. The second kappa shape index (κ2) is 6.58. The van der Waals surface area contributed by atoms with Crippen molar-refractivity contribution in [2.75, 3.05) is 13.1 Å². The Kier molecular flexibility index (Phi) is 4.80. The van der Waals surface area contributed by atoms with Crippen molar-refractivity contribution in [2.45, 2.75) is 33.0 Å². The number of urea groups is 1. The zero-order chi connectivity index (χ0) is 15.4. The standard InChI is InChI=1S/C15H21N3O3/c1-10-4-6-13(7-5-10)14(19)16-17-15(20)18-8-11(2)21-12(3)9-18/h4-7,11-12H,8-9H2,1-3H3,(H,16,19)(H,17,20)/t11-,12-/m1/s1. The van der Waals surface area contributed by atoms with E-state index in [1.807, 2.05) is 32.9 Å². The molecule has 0 radical (unpaired) electrons. The Morgan fingerprint density at radius 2 is 1.67 bits per heavy atom. The fourth-order valence-electron chi connectivity index (χ4n) is 2.31. The summed E-state index contributed by atoms with van der Waals surface area (Å²) in [4.78, 5) is 25.6. The van der Waals surface area contributed by atoms with Crippen LogP contribution in [0.4, 0.5) is 4.79 Å². The Morgan fingerprint density at radius 1 is 1.10 bits per heavy atom. The van der Waals surface area contributed by atoms with Gasteiger partial charge in [-0.3, -0.25) is 10.2 Å². The molecule has 0 aliphatic carbocycles. The van der Waals surface area contributed by atoms with E-state index in [-0.39, 0.29) is 24.1 Å². The van der Waals surface area contributed by atoms with Crippen LogP contribution in [0.5, 0.6) is 0 Å². The predicted molar refractivity (Wildman–Crippen MR) is 78.8 cm³/mol. The number of nitrogens with one attached hydrogen (secondary N) is 2. The van der Waals surface area contributed by atoms with E-state index in [2.05, 4.69) is 10.9 Å². The van der Waals surface area contributed by atoms with Crippen LogP contribution in [0.25, 0.3) is 0 Å². The van der Waals surface area contributed by atoms with Crippen LogP contribution in [-0.2, 0) is 4.74 Å². The lowest BCUT2D eigenvalue weighted by Gasteiger charge is -2.35. The topological polar surface area (TPSA) is 70.7 Å². The van der Waals surface area contributed by atoms with Crippen LogP contribution >= 0.6 is 0 Å². The number of carbonyl (C=O) groups is 2. The van der Waals surface area contributed by atoms with Crippen LogP contribution < -0.4 is 10.9 Å². The summed E-state index contributed by atoms with van der Waals surface area (Å²) >= 11 is 0. The van der Waals surface area contributed by atoms with E-state index in [0.717, 1.165) is 5.56 Å². The Bertz CT molecular complexity index is 505. The Morgan fingerprint density at radius 3 is 2.24 bits per heavy atom. The number of carbonyl (C=O) groups excluding carboxylic acids is 2. The highest BCUT2D eigenvalue weighted by Crippen LogP contribution is 2.10. The molecular formula is C15H21N3O3. The smallest absolute Gasteiger partial charge is 0.336 e. The number of aryl methyl sites for hydroxylation is 1. The van der Waals surface area contributed by atoms with Crippen LogP contribution in [0.1, 0.15) is 29.8 Å². The van der Waals surface area contributed by atoms with E-state index in [1.165, 1.54) is 0 Å². The molecule has 2 N–H and O–H groups in total. The number of rotatable bonds is 1. The Balaban J connectivity index is 1.86. The molecule has 2 rings (SSSR count). The molecule has 114 valence electrons. The third kappa shape index (κ3) is 4.19. The van der Waals surface area contributed by atoms with Gasteiger partial charge in [-0.1, -0.05) is 17.7 Å². The molecular weight excluding hydrogens is 270 g/mol. The number of morpholine rings is 1. The number of hydrogen-bond acceptors (Lipinski definition) is 3. The Hall–Kier alpha value is -2.08. The highest BCUT2D eigenvalue weighted by Gasteiger charge is 2.26. The molecule has 2 atom stereocenters. The van der Waals surface area contributed by atoms with Gasteiger partial charge in [-0.05, 0) is 32.9 Å². The van der Waals surface area contributed by atoms with Gasteiger partial charge in [-0.15, -0.1) is 0 Å². The van der Waals surface area contributed by atoms with Crippen molar-refractivity contribution in [3.05, 3.63) is 35.4 Å². The number of hydrogen-bond donors (Lipinski definition) is 2. The molecule has 1 fully saturated rings. The molecule has 1 aromatic rings. The zero-order valence-electron chi connectivity index (χ0n) is 12.6. The highest BCUT2D eigenvalue weighted by molar-refractivity contribution is 5.95. The molecule has 0 aromatic heterocycles. The normalized spacial score (nSPS) is 21.8. The minimum Gasteiger partial charge on any atom is -0.372 e. The largest absolute Gasteiger partial charge is 0.372 e. The van der Waals surface area contributed by atoms with Crippen molar-refractivity contribution in [1.29, 1.82) is 0 Å². The molecule has 1 heterocycles. The van der Waals surface area contributed by atoms with Gasteiger partial charge in [0, 0.05) is 18.7 Å². The number of nitrogens with zero attached hydrogens (tertiary/aromatic N) is 1. The monoisotopic (exact) mass is 291 g/mol. The fraction of sp³-hybridized carbons (Fsp3) is 0.467. The van der Waals surface area contributed by atoms with Crippen molar-refractivity contribution < 1.29 is 14.3 Å². The molecule has 1 saturated heterocycles. The number of benzene rings is 1. The van der Waals surface area contributed by atoms with Gasteiger partial charge in [0.1, 0.15) is 0 Å². The molecule has 1 aliphatic rings. The molecule has 0 saturated carbocycles. The summed E-state index contributed by atoms with van der Waals surface area (Å²) in [7, 11) is 0. The first-order chi connectivity index (χ1) is 9.95. The lowest BCUT2D eigenvalue weighted by Crippen LogP contribution is -2.55. The second-order valence-electron chi connectivity index (χ2n) is 5.41. The molecule has 3 amide bonds. The van der Waals surface area contributed by atoms with Gasteiger partial charge in [0.05, 0.1) is 12.2 Å². The summed E-state index contributed by atoms with van der Waals surface area (Å²) in [6.45, 7) is 6.80. The molecule has 1 aliphatic heterocycles. The fourth-order valence-corrected chi connectivity index (χ4v) is 2.31. The molecule has 6 heteroatoms.